The quantitative estimate of drug-likeness (QED) is 0.149. The van der Waals surface area contributed by atoms with Crippen LogP contribution in [0.5, 0.6) is 11.5 Å². The summed E-state index contributed by atoms with van der Waals surface area (Å²) in [7, 11) is 0. The Morgan fingerprint density at radius 2 is 1.33 bits per heavy atom. The van der Waals surface area contributed by atoms with E-state index in [1.165, 1.54) is 16.7 Å². The molecule has 0 fully saturated rings. The van der Waals surface area contributed by atoms with Crippen molar-refractivity contribution < 1.29 is 25.8 Å². The topological polar surface area (TPSA) is 38.0 Å². The Bertz CT molecular complexity index is 2750. The minimum Gasteiger partial charge on any atom is -0.653 e. The van der Waals surface area contributed by atoms with Crippen molar-refractivity contribution in [1.29, 1.82) is 0 Å². The summed E-state index contributed by atoms with van der Waals surface area (Å²) in [5.74, 6) is 1.20. The van der Waals surface area contributed by atoms with Gasteiger partial charge in [0.15, 0.2) is 0 Å². The summed E-state index contributed by atoms with van der Waals surface area (Å²) in [6, 6.07) is 62.2. The van der Waals surface area contributed by atoms with Gasteiger partial charge in [-0.25, -0.2) is 0 Å². The Balaban J connectivity index is 0.00000422. The molecule has 280 valence electrons. The number of nitrogens with zero attached hydrogens (tertiary/aromatic N) is 5. The third-order valence-corrected chi connectivity index (χ3v) is 10.6. The first kappa shape index (κ1) is 36.4. The van der Waals surface area contributed by atoms with Gasteiger partial charge in [0.25, 0.3) is 0 Å². The molecule has 0 saturated carbocycles. The van der Waals surface area contributed by atoms with Crippen LogP contribution < -0.4 is 19.4 Å². The van der Waals surface area contributed by atoms with Crippen LogP contribution in [0.1, 0.15) is 32.6 Å². The number of anilines is 5. The summed E-state index contributed by atoms with van der Waals surface area (Å²) < 4.78 is 8.85. The van der Waals surface area contributed by atoms with Gasteiger partial charge in [-0.1, -0.05) is 117 Å². The molecule has 3 heterocycles. The van der Waals surface area contributed by atoms with Gasteiger partial charge in [-0.3, -0.25) is 0 Å². The van der Waals surface area contributed by atoms with E-state index in [-0.39, 0.29) is 32.8 Å². The SMILES string of the molecule is CC(C)(C)c1ccc(-c2ccccc2)c(N2[CH-]N(c3[c-]c(Oc4[c-]c5c(cc4)c4ccccc4n5C4[N-]C=CN4c4ccccc4)ccc3)c3ccccc32)c1.[Pt+4]. The fourth-order valence-corrected chi connectivity index (χ4v) is 7.86. The molecule has 2 aliphatic heterocycles. The van der Waals surface area contributed by atoms with Gasteiger partial charge in [0, 0.05) is 51.6 Å². The second kappa shape index (κ2) is 14.7. The number of ether oxygens (including phenoxy) is 1. The maximum absolute atomic E-state index is 6.60. The summed E-state index contributed by atoms with van der Waals surface area (Å²) in [5.41, 5.74) is 10.8. The van der Waals surface area contributed by atoms with Crippen LogP contribution in [-0.2, 0) is 26.5 Å². The minimum atomic E-state index is -0.304. The van der Waals surface area contributed by atoms with Crippen LogP contribution in [0.15, 0.2) is 170 Å². The van der Waals surface area contributed by atoms with Gasteiger partial charge in [-0.2, -0.15) is 18.3 Å². The van der Waals surface area contributed by atoms with E-state index in [4.69, 9.17) is 10.1 Å². The van der Waals surface area contributed by atoms with E-state index in [1.807, 2.05) is 36.7 Å². The number of para-hydroxylation sites is 4. The molecular weight excluding hydrogens is 882 g/mol. The second-order valence-electron chi connectivity index (χ2n) is 15.2. The zero-order chi connectivity index (χ0) is 37.8. The summed E-state index contributed by atoms with van der Waals surface area (Å²) in [5, 5.41) is 7.16. The van der Waals surface area contributed by atoms with Crippen LogP contribution in [0.25, 0.3) is 38.2 Å². The van der Waals surface area contributed by atoms with Crippen molar-refractivity contribution in [2.24, 2.45) is 0 Å². The minimum absolute atomic E-state index is 0. The number of hydrogen-bond donors (Lipinski definition) is 0. The van der Waals surface area contributed by atoms with Crippen LogP contribution in [0.2, 0.25) is 0 Å². The molecule has 1 atom stereocenters. The Morgan fingerprint density at radius 1 is 0.632 bits per heavy atom. The molecule has 0 aliphatic carbocycles. The third-order valence-electron chi connectivity index (χ3n) is 10.6. The molecule has 0 amide bonds. The monoisotopic (exact) mass is 920 g/mol. The first-order valence-electron chi connectivity index (χ1n) is 19.0. The first-order valence-corrected chi connectivity index (χ1v) is 19.0. The third kappa shape index (κ3) is 6.54. The van der Waals surface area contributed by atoms with E-state index in [9.17, 15) is 0 Å². The van der Waals surface area contributed by atoms with Crippen LogP contribution in [0, 0.1) is 18.8 Å². The zero-order valence-electron chi connectivity index (χ0n) is 31.8. The van der Waals surface area contributed by atoms with Crippen molar-refractivity contribution in [2.45, 2.75) is 32.5 Å². The molecule has 57 heavy (non-hydrogen) atoms. The van der Waals surface area contributed by atoms with Gasteiger partial charge >= 0.3 is 21.1 Å². The maximum atomic E-state index is 6.60. The Morgan fingerprint density at radius 3 is 2.12 bits per heavy atom. The normalized spacial score (nSPS) is 14.9. The van der Waals surface area contributed by atoms with Crippen LogP contribution in [0.4, 0.5) is 28.4 Å². The number of aromatic nitrogens is 1. The van der Waals surface area contributed by atoms with Gasteiger partial charge in [0.1, 0.15) is 0 Å². The van der Waals surface area contributed by atoms with Crippen molar-refractivity contribution in [3.8, 4) is 22.6 Å². The molecule has 8 aromatic rings. The van der Waals surface area contributed by atoms with Gasteiger partial charge in [-0.15, -0.1) is 48.1 Å². The van der Waals surface area contributed by atoms with E-state index >= 15 is 0 Å². The van der Waals surface area contributed by atoms with Gasteiger partial charge in [0.2, 0.25) is 0 Å². The number of benzene rings is 7. The summed E-state index contributed by atoms with van der Waals surface area (Å²) in [6.07, 6.45) is 3.60. The van der Waals surface area contributed by atoms with Crippen LogP contribution in [0.3, 0.4) is 0 Å². The van der Waals surface area contributed by atoms with E-state index < -0.39 is 0 Å². The van der Waals surface area contributed by atoms with E-state index in [0.29, 0.717) is 11.5 Å². The number of fused-ring (bicyclic) bond motifs is 4. The molecule has 10 rings (SSSR count). The number of hydrogen-bond acceptors (Lipinski definition) is 4. The predicted molar refractivity (Wildman–Crippen MR) is 230 cm³/mol. The average Bonchev–Trinajstić information content (AvgIpc) is 3.95. The van der Waals surface area contributed by atoms with Gasteiger partial charge in [-0.05, 0) is 64.5 Å². The van der Waals surface area contributed by atoms with Crippen molar-refractivity contribution in [2.75, 3.05) is 14.7 Å². The molecule has 0 N–H and O–H groups in total. The molecule has 1 unspecified atom stereocenters. The van der Waals surface area contributed by atoms with Crippen molar-refractivity contribution in [3.05, 3.63) is 200 Å². The van der Waals surface area contributed by atoms with E-state index in [2.05, 4.69) is 192 Å². The molecule has 7 aromatic carbocycles. The van der Waals surface area contributed by atoms with Crippen LogP contribution >= 0.6 is 0 Å². The molecule has 0 saturated heterocycles. The van der Waals surface area contributed by atoms with Crippen molar-refractivity contribution in [3.63, 3.8) is 0 Å². The van der Waals surface area contributed by atoms with Gasteiger partial charge in [0.05, 0.1) is 0 Å². The van der Waals surface area contributed by atoms with Crippen molar-refractivity contribution >= 4 is 50.2 Å². The fraction of sp³-hybridized carbons (Fsp3) is 0.100. The fourth-order valence-electron chi connectivity index (χ4n) is 7.86. The van der Waals surface area contributed by atoms with E-state index in [1.54, 1.807) is 0 Å². The first-order chi connectivity index (χ1) is 27.4. The Labute approximate surface area is 348 Å². The zero-order valence-corrected chi connectivity index (χ0v) is 34.1. The molecule has 0 spiro atoms. The maximum Gasteiger partial charge on any atom is 4.00 e. The second-order valence-corrected chi connectivity index (χ2v) is 15.2. The molecular formula is C50H39N5OPt. The smallest absolute Gasteiger partial charge is 0.653 e. The standard InChI is InChI=1S/C50H39N5O.Pt/c1-50(2,3)36-25-27-41(35-15-6-4-7-16-35)47(31-36)54-34-53(45-23-12-13-24-46(45)54)38-19-14-20-39(32-38)56-40-26-28-43-42-21-10-11-22-44(42)55(48(43)33-40)49-51-29-30-52(49)37-17-8-5-9-18-37;/h4-31,34,49H,1-3H3;/q-4;+4. The number of rotatable bonds is 7. The molecule has 6 nitrogen and oxygen atoms in total. The molecule has 1 aromatic heterocycles. The Hall–Kier alpha value is -6.23. The van der Waals surface area contributed by atoms with Crippen LogP contribution in [-0.4, -0.2) is 4.57 Å². The molecule has 0 radical (unpaired) electrons. The summed E-state index contributed by atoms with van der Waals surface area (Å²) >= 11 is 0. The molecule has 2 aliphatic rings. The largest absolute Gasteiger partial charge is 4.00 e. The van der Waals surface area contributed by atoms with Crippen molar-refractivity contribution in [1.82, 2.24) is 4.57 Å². The average molecular weight is 921 g/mol. The summed E-state index contributed by atoms with van der Waals surface area (Å²) in [6.45, 7) is 8.96. The van der Waals surface area contributed by atoms with Gasteiger partial charge < -0.3 is 29.3 Å². The van der Waals surface area contributed by atoms with E-state index in [0.717, 1.165) is 50.2 Å². The predicted octanol–water partition coefficient (Wildman–Crippen LogP) is 13.4. The molecule has 0 bridgehead atoms. The Kier molecular flexibility index (Phi) is 9.38. The summed E-state index contributed by atoms with van der Waals surface area (Å²) in [4.78, 5) is 6.68. The molecule has 7 heteroatoms.